The number of phenolic OH excluding ortho intramolecular Hbond substituents is 1. The molecule has 0 aliphatic carbocycles. The van der Waals surface area contributed by atoms with Crippen LogP contribution in [-0.4, -0.2) is 50.7 Å². The topological polar surface area (TPSA) is 77.9 Å². The Morgan fingerprint density at radius 1 is 1.15 bits per heavy atom. The van der Waals surface area contributed by atoms with Gasteiger partial charge in [0, 0.05) is 25.7 Å². The molecule has 27 heavy (non-hydrogen) atoms. The number of anilines is 1. The lowest BCUT2D eigenvalue weighted by molar-refractivity contribution is 0.0787. The minimum atomic E-state index is -3.32. The van der Waals surface area contributed by atoms with E-state index in [-0.39, 0.29) is 11.7 Å². The number of likely N-dealkylation sites (tertiary alicyclic amines) is 1. The summed E-state index contributed by atoms with van der Waals surface area (Å²) in [6.07, 6.45) is 2.97. The summed E-state index contributed by atoms with van der Waals surface area (Å²) in [7, 11) is -1.84. The summed E-state index contributed by atoms with van der Waals surface area (Å²) in [5, 5.41) is 9.37. The maximum atomic E-state index is 12.7. The Morgan fingerprint density at radius 2 is 1.78 bits per heavy atom. The summed E-state index contributed by atoms with van der Waals surface area (Å²) in [6.45, 7) is 1.41. The highest BCUT2D eigenvalue weighted by molar-refractivity contribution is 7.92. The smallest absolute Gasteiger partial charge is 0.253 e. The summed E-state index contributed by atoms with van der Waals surface area (Å²) in [4.78, 5) is 14.6. The van der Waals surface area contributed by atoms with E-state index in [0.717, 1.165) is 24.7 Å². The third kappa shape index (κ3) is 4.60. The first-order valence-electron chi connectivity index (χ1n) is 8.85. The number of rotatable bonds is 5. The van der Waals surface area contributed by atoms with Crippen molar-refractivity contribution in [1.82, 2.24) is 4.90 Å². The highest BCUT2D eigenvalue weighted by atomic mass is 32.2. The average Bonchev–Trinajstić information content (AvgIpc) is 3.10. The molecule has 0 radical (unpaired) electrons. The van der Waals surface area contributed by atoms with Crippen LogP contribution in [0.2, 0.25) is 0 Å². The van der Waals surface area contributed by atoms with E-state index in [1.807, 2.05) is 17.0 Å². The Morgan fingerprint density at radius 3 is 2.37 bits per heavy atom. The molecular weight excluding hydrogens is 364 g/mol. The van der Waals surface area contributed by atoms with Crippen LogP contribution >= 0.6 is 0 Å². The number of benzene rings is 2. The standard InChI is InChI=1S/C20H24N2O4S/c1-21(27(2,25)26)18-7-5-17(6-8-18)20(24)22-12-11-16(14-22)13-15-3-9-19(23)10-4-15/h3-10,16,23H,11-14H2,1-2H3. The van der Waals surface area contributed by atoms with Crippen molar-refractivity contribution in [3.05, 3.63) is 59.7 Å². The van der Waals surface area contributed by atoms with E-state index in [9.17, 15) is 18.3 Å². The maximum Gasteiger partial charge on any atom is 0.253 e. The lowest BCUT2D eigenvalue weighted by Gasteiger charge is -2.19. The number of carbonyl (C=O) groups excluding carboxylic acids is 1. The zero-order valence-corrected chi connectivity index (χ0v) is 16.3. The molecule has 1 aliphatic heterocycles. The minimum Gasteiger partial charge on any atom is -0.508 e. The first kappa shape index (κ1) is 19.2. The molecule has 0 aromatic heterocycles. The van der Waals surface area contributed by atoms with Gasteiger partial charge in [0.1, 0.15) is 5.75 Å². The monoisotopic (exact) mass is 388 g/mol. The van der Waals surface area contributed by atoms with Gasteiger partial charge in [0.25, 0.3) is 5.91 Å². The Kier molecular flexibility index (Phi) is 5.41. The molecule has 1 amide bonds. The molecule has 144 valence electrons. The summed E-state index contributed by atoms with van der Waals surface area (Å²) in [6, 6.07) is 13.8. The Hall–Kier alpha value is -2.54. The Bertz CT molecular complexity index is 908. The van der Waals surface area contributed by atoms with Crippen molar-refractivity contribution in [2.45, 2.75) is 12.8 Å². The number of hydrogen-bond donors (Lipinski definition) is 1. The van der Waals surface area contributed by atoms with Gasteiger partial charge in [-0.25, -0.2) is 8.42 Å². The van der Waals surface area contributed by atoms with Gasteiger partial charge in [-0.3, -0.25) is 9.10 Å². The number of phenols is 1. The molecule has 1 aliphatic rings. The summed E-state index contributed by atoms with van der Waals surface area (Å²) < 4.78 is 24.4. The van der Waals surface area contributed by atoms with Gasteiger partial charge in [0.05, 0.1) is 11.9 Å². The van der Waals surface area contributed by atoms with Crippen molar-refractivity contribution in [2.75, 3.05) is 30.7 Å². The van der Waals surface area contributed by atoms with Crippen LogP contribution in [0.3, 0.4) is 0 Å². The van der Waals surface area contributed by atoms with Crippen molar-refractivity contribution in [2.24, 2.45) is 5.92 Å². The number of carbonyl (C=O) groups is 1. The van der Waals surface area contributed by atoms with Crippen LogP contribution in [-0.2, 0) is 16.4 Å². The highest BCUT2D eigenvalue weighted by Crippen LogP contribution is 2.24. The molecule has 1 saturated heterocycles. The van der Waals surface area contributed by atoms with E-state index in [2.05, 4.69) is 0 Å². The normalized spacial score (nSPS) is 17.1. The molecule has 1 fully saturated rings. The lowest BCUT2D eigenvalue weighted by Crippen LogP contribution is -2.29. The zero-order valence-electron chi connectivity index (χ0n) is 15.5. The van der Waals surface area contributed by atoms with E-state index in [1.54, 1.807) is 36.4 Å². The third-order valence-corrected chi connectivity index (χ3v) is 6.21. The van der Waals surface area contributed by atoms with Gasteiger partial charge in [-0.1, -0.05) is 12.1 Å². The van der Waals surface area contributed by atoms with Gasteiger partial charge in [-0.05, 0) is 60.7 Å². The maximum absolute atomic E-state index is 12.7. The van der Waals surface area contributed by atoms with Gasteiger partial charge in [-0.2, -0.15) is 0 Å². The molecule has 1 atom stereocenters. The number of nitrogens with zero attached hydrogens (tertiary/aromatic N) is 2. The predicted octanol–water partition coefficient (Wildman–Crippen LogP) is 2.49. The largest absolute Gasteiger partial charge is 0.508 e. The summed E-state index contributed by atoms with van der Waals surface area (Å²) >= 11 is 0. The molecule has 0 spiro atoms. The van der Waals surface area contributed by atoms with Crippen molar-refractivity contribution >= 4 is 21.6 Å². The Labute approximate surface area is 160 Å². The van der Waals surface area contributed by atoms with Gasteiger partial charge in [-0.15, -0.1) is 0 Å². The molecule has 7 heteroatoms. The first-order chi connectivity index (χ1) is 12.7. The van der Waals surface area contributed by atoms with Crippen molar-refractivity contribution in [3.8, 4) is 5.75 Å². The van der Waals surface area contributed by atoms with Crippen LogP contribution in [0.5, 0.6) is 5.75 Å². The molecule has 0 bridgehead atoms. The lowest BCUT2D eigenvalue weighted by atomic mass is 9.99. The van der Waals surface area contributed by atoms with E-state index >= 15 is 0 Å². The fourth-order valence-corrected chi connectivity index (χ4v) is 3.84. The van der Waals surface area contributed by atoms with Crippen molar-refractivity contribution in [3.63, 3.8) is 0 Å². The van der Waals surface area contributed by atoms with Crippen molar-refractivity contribution < 1.29 is 18.3 Å². The van der Waals surface area contributed by atoms with Gasteiger partial charge in [0.15, 0.2) is 0 Å². The SMILES string of the molecule is CN(c1ccc(C(=O)N2CCC(Cc3ccc(O)cc3)C2)cc1)S(C)(=O)=O. The number of hydrogen-bond acceptors (Lipinski definition) is 4. The second-order valence-electron chi connectivity index (χ2n) is 7.05. The van der Waals surface area contributed by atoms with Crippen molar-refractivity contribution in [1.29, 1.82) is 0 Å². The third-order valence-electron chi connectivity index (χ3n) is 5.01. The fraction of sp³-hybridized carbons (Fsp3) is 0.350. The van der Waals surface area contributed by atoms with E-state index in [4.69, 9.17) is 0 Å². The Balaban J connectivity index is 1.62. The second-order valence-corrected chi connectivity index (χ2v) is 9.07. The molecule has 6 nitrogen and oxygen atoms in total. The fourth-order valence-electron chi connectivity index (χ4n) is 3.34. The van der Waals surface area contributed by atoms with Crippen LogP contribution in [0.25, 0.3) is 0 Å². The minimum absolute atomic E-state index is 0.0308. The predicted molar refractivity (Wildman–Crippen MR) is 106 cm³/mol. The number of amides is 1. The quantitative estimate of drug-likeness (QED) is 0.854. The van der Waals surface area contributed by atoms with E-state index in [0.29, 0.717) is 30.3 Å². The van der Waals surface area contributed by atoms with E-state index < -0.39 is 10.0 Å². The van der Waals surface area contributed by atoms with Crippen LogP contribution in [0.15, 0.2) is 48.5 Å². The molecule has 1 N–H and O–H groups in total. The number of sulfonamides is 1. The second kappa shape index (κ2) is 7.60. The molecule has 1 heterocycles. The molecule has 3 rings (SSSR count). The molecule has 1 unspecified atom stereocenters. The first-order valence-corrected chi connectivity index (χ1v) is 10.7. The summed E-state index contributed by atoms with van der Waals surface area (Å²) in [5.74, 6) is 0.623. The summed E-state index contributed by atoms with van der Waals surface area (Å²) in [5.41, 5.74) is 2.24. The molecule has 2 aromatic rings. The molecular formula is C20H24N2O4S. The van der Waals surface area contributed by atoms with Gasteiger partial charge < -0.3 is 10.0 Å². The zero-order chi connectivity index (χ0) is 19.6. The van der Waals surface area contributed by atoms with Gasteiger partial charge in [0.2, 0.25) is 10.0 Å². The van der Waals surface area contributed by atoms with Crippen LogP contribution in [0, 0.1) is 5.92 Å². The average molecular weight is 388 g/mol. The van der Waals surface area contributed by atoms with E-state index in [1.165, 1.54) is 11.4 Å². The van der Waals surface area contributed by atoms with Gasteiger partial charge >= 0.3 is 0 Å². The molecule has 2 aromatic carbocycles. The van der Waals surface area contributed by atoms with Crippen LogP contribution in [0.4, 0.5) is 5.69 Å². The highest BCUT2D eigenvalue weighted by Gasteiger charge is 2.27. The number of aromatic hydroxyl groups is 1. The van der Waals surface area contributed by atoms with Crippen LogP contribution in [0.1, 0.15) is 22.3 Å². The molecule has 0 saturated carbocycles. The van der Waals surface area contributed by atoms with Crippen LogP contribution < -0.4 is 4.31 Å².